The van der Waals surface area contributed by atoms with Crippen molar-refractivity contribution in [3.05, 3.63) is 34.3 Å². The van der Waals surface area contributed by atoms with Crippen LogP contribution in [0.2, 0.25) is 5.02 Å². The van der Waals surface area contributed by atoms with Gasteiger partial charge in [0.25, 0.3) is 5.91 Å². The highest BCUT2D eigenvalue weighted by Gasteiger charge is 2.31. The maximum absolute atomic E-state index is 12.7. The first-order valence-electron chi connectivity index (χ1n) is 6.59. The Morgan fingerprint density at radius 3 is 2.95 bits per heavy atom. The minimum Gasteiger partial charge on any atom is -0.409 e. The standard InChI is InChI=1S/C14H18ClN3O2/c1-9-5-6-10(15)8-11(9)14(19)18-7-3-2-4-12(18)13(16)17-20/h5-6,8,12,20H,2-4,7H2,1H3,(H2,16,17). The number of aryl methyl sites for hydroxylation is 1. The number of likely N-dealkylation sites (tertiary alicyclic amines) is 1. The van der Waals surface area contributed by atoms with Gasteiger partial charge in [0.2, 0.25) is 0 Å². The zero-order chi connectivity index (χ0) is 14.7. The lowest BCUT2D eigenvalue weighted by Gasteiger charge is -2.35. The lowest BCUT2D eigenvalue weighted by Crippen LogP contribution is -2.50. The first-order valence-corrected chi connectivity index (χ1v) is 6.97. The molecule has 20 heavy (non-hydrogen) atoms. The second-order valence-electron chi connectivity index (χ2n) is 4.99. The molecule has 1 fully saturated rings. The number of hydrogen-bond acceptors (Lipinski definition) is 3. The number of piperidine rings is 1. The predicted octanol–water partition coefficient (Wildman–Crippen LogP) is 2.39. The van der Waals surface area contributed by atoms with Gasteiger partial charge in [-0.1, -0.05) is 22.8 Å². The molecule has 0 radical (unpaired) electrons. The Morgan fingerprint density at radius 1 is 1.50 bits per heavy atom. The fourth-order valence-electron chi connectivity index (χ4n) is 2.53. The second kappa shape index (κ2) is 6.13. The van der Waals surface area contributed by atoms with Gasteiger partial charge in [0.1, 0.15) is 0 Å². The van der Waals surface area contributed by atoms with Crippen LogP contribution >= 0.6 is 11.6 Å². The van der Waals surface area contributed by atoms with Gasteiger partial charge in [0.05, 0.1) is 6.04 Å². The van der Waals surface area contributed by atoms with Crippen molar-refractivity contribution < 1.29 is 10.0 Å². The van der Waals surface area contributed by atoms with Gasteiger partial charge in [-0.2, -0.15) is 0 Å². The summed E-state index contributed by atoms with van der Waals surface area (Å²) in [4.78, 5) is 14.3. The van der Waals surface area contributed by atoms with Gasteiger partial charge in [-0.3, -0.25) is 4.79 Å². The van der Waals surface area contributed by atoms with E-state index in [4.69, 9.17) is 22.5 Å². The molecular formula is C14H18ClN3O2. The number of carbonyl (C=O) groups is 1. The fourth-order valence-corrected chi connectivity index (χ4v) is 2.70. The molecule has 1 amide bonds. The Hall–Kier alpha value is -1.75. The van der Waals surface area contributed by atoms with Gasteiger partial charge in [0, 0.05) is 17.1 Å². The highest BCUT2D eigenvalue weighted by atomic mass is 35.5. The molecule has 1 aromatic carbocycles. The number of nitrogens with zero attached hydrogens (tertiary/aromatic N) is 2. The molecule has 1 saturated heterocycles. The van der Waals surface area contributed by atoms with Crippen molar-refractivity contribution in [2.45, 2.75) is 32.2 Å². The van der Waals surface area contributed by atoms with Crippen molar-refractivity contribution in [1.29, 1.82) is 0 Å². The van der Waals surface area contributed by atoms with Crippen LogP contribution in [0, 0.1) is 6.92 Å². The van der Waals surface area contributed by atoms with Gasteiger partial charge in [-0.25, -0.2) is 0 Å². The van der Waals surface area contributed by atoms with Crippen LogP contribution in [0.1, 0.15) is 35.2 Å². The molecule has 6 heteroatoms. The van der Waals surface area contributed by atoms with Crippen LogP contribution in [0.25, 0.3) is 0 Å². The summed E-state index contributed by atoms with van der Waals surface area (Å²) < 4.78 is 0. The van der Waals surface area contributed by atoms with E-state index in [0.717, 1.165) is 18.4 Å². The zero-order valence-electron chi connectivity index (χ0n) is 11.3. The lowest BCUT2D eigenvalue weighted by atomic mass is 9.99. The highest BCUT2D eigenvalue weighted by Crippen LogP contribution is 2.23. The summed E-state index contributed by atoms with van der Waals surface area (Å²) in [5, 5.41) is 12.4. The summed E-state index contributed by atoms with van der Waals surface area (Å²) in [6.45, 7) is 2.47. The van der Waals surface area contributed by atoms with Crippen LogP contribution in [-0.2, 0) is 0 Å². The Morgan fingerprint density at radius 2 is 2.25 bits per heavy atom. The number of hydrogen-bond donors (Lipinski definition) is 2. The van der Waals surface area contributed by atoms with Crippen molar-refractivity contribution >= 4 is 23.3 Å². The van der Waals surface area contributed by atoms with E-state index >= 15 is 0 Å². The van der Waals surface area contributed by atoms with E-state index in [9.17, 15) is 4.79 Å². The van der Waals surface area contributed by atoms with Crippen LogP contribution in [0.3, 0.4) is 0 Å². The van der Waals surface area contributed by atoms with Crippen LogP contribution in [0.15, 0.2) is 23.4 Å². The molecule has 2 rings (SSSR count). The molecule has 3 N–H and O–H groups in total. The van der Waals surface area contributed by atoms with E-state index < -0.39 is 0 Å². The Kier molecular flexibility index (Phi) is 4.49. The van der Waals surface area contributed by atoms with Gasteiger partial charge in [-0.05, 0) is 43.9 Å². The molecular weight excluding hydrogens is 278 g/mol. The third-order valence-electron chi connectivity index (χ3n) is 3.65. The first kappa shape index (κ1) is 14.7. The summed E-state index contributed by atoms with van der Waals surface area (Å²) in [5.74, 6) is -0.0426. The van der Waals surface area contributed by atoms with Gasteiger partial charge in [-0.15, -0.1) is 0 Å². The van der Waals surface area contributed by atoms with Crippen LogP contribution in [-0.4, -0.2) is 34.4 Å². The Labute approximate surface area is 123 Å². The number of carbonyl (C=O) groups excluding carboxylic acids is 1. The number of benzene rings is 1. The molecule has 0 spiro atoms. The van der Waals surface area contributed by atoms with E-state index in [1.54, 1.807) is 17.0 Å². The average Bonchev–Trinajstić information content (AvgIpc) is 2.48. The van der Waals surface area contributed by atoms with Crippen molar-refractivity contribution in [1.82, 2.24) is 4.90 Å². The van der Waals surface area contributed by atoms with Gasteiger partial charge in [0.15, 0.2) is 5.84 Å². The number of rotatable bonds is 2. The van der Waals surface area contributed by atoms with E-state index in [0.29, 0.717) is 23.6 Å². The van der Waals surface area contributed by atoms with Crippen LogP contribution < -0.4 is 5.73 Å². The predicted molar refractivity (Wildman–Crippen MR) is 78.3 cm³/mol. The summed E-state index contributed by atoms with van der Waals surface area (Å²) in [6, 6.07) is 4.89. The monoisotopic (exact) mass is 295 g/mol. The maximum Gasteiger partial charge on any atom is 0.254 e. The summed E-state index contributed by atoms with van der Waals surface area (Å²) in [6.07, 6.45) is 2.58. The van der Waals surface area contributed by atoms with Crippen molar-refractivity contribution in [2.24, 2.45) is 10.9 Å². The molecule has 0 saturated carbocycles. The Balaban J connectivity index is 2.32. The number of halogens is 1. The van der Waals surface area contributed by atoms with Gasteiger partial charge >= 0.3 is 0 Å². The summed E-state index contributed by atoms with van der Waals surface area (Å²) >= 11 is 5.97. The summed E-state index contributed by atoms with van der Waals surface area (Å²) in [7, 11) is 0. The second-order valence-corrected chi connectivity index (χ2v) is 5.43. The molecule has 1 aliphatic heterocycles. The summed E-state index contributed by atoms with van der Waals surface area (Å²) in [5.41, 5.74) is 7.13. The van der Waals surface area contributed by atoms with E-state index in [-0.39, 0.29) is 17.8 Å². The molecule has 108 valence electrons. The van der Waals surface area contributed by atoms with Gasteiger partial charge < -0.3 is 15.8 Å². The smallest absolute Gasteiger partial charge is 0.254 e. The van der Waals surface area contributed by atoms with Crippen molar-refractivity contribution in [2.75, 3.05) is 6.54 Å². The molecule has 1 atom stereocenters. The number of nitrogens with two attached hydrogens (primary N) is 1. The number of oxime groups is 1. The molecule has 1 unspecified atom stereocenters. The van der Waals surface area contributed by atoms with E-state index in [1.165, 1.54) is 0 Å². The average molecular weight is 296 g/mol. The van der Waals surface area contributed by atoms with Crippen LogP contribution in [0.4, 0.5) is 0 Å². The third kappa shape index (κ3) is 2.88. The topological polar surface area (TPSA) is 78.9 Å². The van der Waals surface area contributed by atoms with Crippen molar-refractivity contribution in [3.63, 3.8) is 0 Å². The molecule has 1 aliphatic rings. The first-order chi connectivity index (χ1) is 9.54. The maximum atomic E-state index is 12.7. The quantitative estimate of drug-likeness (QED) is 0.380. The molecule has 5 nitrogen and oxygen atoms in total. The molecule has 0 aromatic heterocycles. The number of amides is 1. The Bertz CT molecular complexity index is 545. The molecule has 1 heterocycles. The molecule has 0 bridgehead atoms. The van der Waals surface area contributed by atoms with Crippen molar-refractivity contribution in [3.8, 4) is 0 Å². The lowest BCUT2D eigenvalue weighted by molar-refractivity contribution is 0.0676. The molecule has 1 aromatic rings. The minimum absolute atomic E-state index is 0.0812. The van der Waals surface area contributed by atoms with Crippen LogP contribution in [0.5, 0.6) is 0 Å². The fraction of sp³-hybridized carbons (Fsp3) is 0.429. The minimum atomic E-state index is -0.348. The van der Waals surface area contributed by atoms with E-state index in [2.05, 4.69) is 5.16 Å². The van der Waals surface area contributed by atoms with E-state index in [1.807, 2.05) is 13.0 Å². The third-order valence-corrected chi connectivity index (χ3v) is 3.89. The highest BCUT2D eigenvalue weighted by molar-refractivity contribution is 6.31. The molecule has 0 aliphatic carbocycles. The SMILES string of the molecule is Cc1ccc(Cl)cc1C(=O)N1CCCCC1/C(N)=N/O. The largest absolute Gasteiger partial charge is 0.409 e. The zero-order valence-corrected chi connectivity index (χ0v) is 12.1. The number of amidine groups is 1. The normalized spacial score (nSPS) is 20.0.